The van der Waals surface area contributed by atoms with Crippen LogP contribution in [0.4, 0.5) is 11.4 Å². The molecule has 0 saturated carbocycles. The van der Waals surface area contributed by atoms with Crippen molar-refractivity contribution in [3.05, 3.63) is 69.6 Å². The van der Waals surface area contributed by atoms with Gasteiger partial charge in [-0.05, 0) is 55.7 Å². The average molecular weight is 441 g/mol. The van der Waals surface area contributed by atoms with Gasteiger partial charge in [0.1, 0.15) is 0 Å². The summed E-state index contributed by atoms with van der Waals surface area (Å²) < 4.78 is 3.11. The maximum atomic E-state index is 13.7. The number of amides is 2. The van der Waals surface area contributed by atoms with Gasteiger partial charge in [-0.25, -0.2) is 9.69 Å². The van der Waals surface area contributed by atoms with Crippen molar-refractivity contribution in [3.63, 3.8) is 0 Å². The molecule has 0 unspecified atom stereocenters. The second kappa shape index (κ2) is 6.81. The third-order valence-corrected chi connectivity index (χ3v) is 7.16. The van der Waals surface area contributed by atoms with E-state index < -0.39 is 0 Å². The standard InChI is InChI=1S/C26H24N4O3/c1-15-13-21-22(28(3)26(33)27(21)2)14-20(15)30-24(31)17-8-6-7-16-19(29-11-4-5-12-29)10-9-18(23(16)17)25(30)32/h6-10,13-14H,4-5,11-12H2,1-3H3. The van der Waals surface area contributed by atoms with Gasteiger partial charge in [0, 0.05) is 54.8 Å². The third kappa shape index (κ3) is 2.59. The van der Waals surface area contributed by atoms with E-state index >= 15 is 0 Å². The van der Waals surface area contributed by atoms with E-state index in [4.69, 9.17) is 0 Å². The lowest BCUT2D eigenvalue weighted by Crippen LogP contribution is -2.41. The number of imidazole rings is 1. The molecule has 2 aliphatic heterocycles. The first-order chi connectivity index (χ1) is 15.9. The lowest BCUT2D eigenvalue weighted by atomic mass is 9.92. The molecule has 0 radical (unpaired) electrons. The Kier molecular flexibility index (Phi) is 4.08. The zero-order chi connectivity index (χ0) is 23.0. The summed E-state index contributed by atoms with van der Waals surface area (Å²) in [6, 6.07) is 13.2. The minimum absolute atomic E-state index is 0.151. The highest BCUT2D eigenvalue weighted by Crippen LogP contribution is 2.39. The Morgan fingerprint density at radius 3 is 2.09 bits per heavy atom. The molecule has 7 heteroatoms. The van der Waals surface area contributed by atoms with Crippen LogP contribution in [0.15, 0.2) is 47.3 Å². The van der Waals surface area contributed by atoms with Gasteiger partial charge in [-0.2, -0.15) is 0 Å². The number of hydrogen-bond donors (Lipinski definition) is 0. The van der Waals surface area contributed by atoms with E-state index in [1.54, 1.807) is 30.8 Å². The Bertz CT molecular complexity index is 1550. The summed E-state index contributed by atoms with van der Waals surface area (Å²) in [4.78, 5) is 43.4. The first kappa shape index (κ1) is 19.8. The van der Waals surface area contributed by atoms with Gasteiger partial charge in [-0.3, -0.25) is 18.7 Å². The van der Waals surface area contributed by atoms with Crippen LogP contribution < -0.4 is 15.5 Å². The number of aryl methyl sites for hydroxylation is 3. The monoisotopic (exact) mass is 440 g/mol. The van der Waals surface area contributed by atoms with Crippen molar-refractivity contribution in [1.29, 1.82) is 0 Å². The molecule has 0 N–H and O–H groups in total. The quantitative estimate of drug-likeness (QED) is 0.446. The second-order valence-corrected chi connectivity index (χ2v) is 9.03. The number of carbonyl (C=O) groups is 2. The maximum Gasteiger partial charge on any atom is 0.328 e. The zero-order valence-electron chi connectivity index (χ0n) is 18.9. The van der Waals surface area contributed by atoms with Crippen LogP contribution in [0.3, 0.4) is 0 Å². The number of hydrogen-bond acceptors (Lipinski definition) is 4. The molecule has 166 valence electrons. The number of imide groups is 1. The van der Waals surface area contributed by atoms with Crippen molar-refractivity contribution in [2.75, 3.05) is 22.9 Å². The van der Waals surface area contributed by atoms with Gasteiger partial charge in [-0.1, -0.05) is 12.1 Å². The summed E-state index contributed by atoms with van der Waals surface area (Å²) in [5.74, 6) is -0.667. The number of aromatic nitrogens is 2. The predicted octanol–water partition coefficient (Wildman–Crippen LogP) is 3.74. The average Bonchev–Trinajstić information content (AvgIpc) is 3.42. The van der Waals surface area contributed by atoms with E-state index in [0.717, 1.165) is 53.5 Å². The molecule has 2 amide bonds. The lowest BCUT2D eigenvalue weighted by molar-refractivity contribution is 0.0893. The predicted molar refractivity (Wildman–Crippen MR) is 129 cm³/mol. The van der Waals surface area contributed by atoms with Crippen molar-refractivity contribution >= 4 is 45.0 Å². The molecule has 33 heavy (non-hydrogen) atoms. The summed E-state index contributed by atoms with van der Waals surface area (Å²) in [6.45, 7) is 3.84. The normalized spacial score (nSPS) is 16.0. The topological polar surface area (TPSA) is 67.6 Å². The molecular formula is C26H24N4O3. The molecule has 1 saturated heterocycles. The molecular weight excluding hydrogens is 416 g/mol. The SMILES string of the molecule is Cc1cc2c(cc1N1C(=O)c3cccc4c(N5CCCC5)ccc(c34)C1=O)n(C)c(=O)n2C. The van der Waals surface area contributed by atoms with Crippen LogP contribution in [0.2, 0.25) is 0 Å². The van der Waals surface area contributed by atoms with Gasteiger partial charge in [0.2, 0.25) is 0 Å². The smallest absolute Gasteiger partial charge is 0.328 e. The third-order valence-electron chi connectivity index (χ3n) is 7.16. The van der Waals surface area contributed by atoms with Crippen LogP contribution in [0.1, 0.15) is 39.1 Å². The molecule has 0 bridgehead atoms. The van der Waals surface area contributed by atoms with Crippen molar-refractivity contribution in [2.24, 2.45) is 14.1 Å². The minimum Gasteiger partial charge on any atom is -0.371 e. The van der Waals surface area contributed by atoms with E-state index in [1.807, 2.05) is 37.3 Å². The van der Waals surface area contributed by atoms with Crippen molar-refractivity contribution in [2.45, 2.75) is 19.8 Å². The highest BCUT2D eigenvalue weighted by molar-refractivity contribution is 6.36. The van der Waals surface area contributed by atoms with E-state index in [1.165, 1.54) is 9.47 Å². The molecule has 7 nitrogen and oxygen atoms in total. The van der Waals surface area contributed by atoms with Crippen LogP contribution in [0, 0.1) is 6.92 Å². The van der Waals surface area contributed by atoms with E-state index in [2.05, 4.69) is 4.90 Å². The van der Waals surface area contributed by atoms with E-state index in [-0.39, 0.29) is 17.5 Å². The fourth-order valence-electron chi connectivity index (χ4n) is 5.41. The van der Waals surface area contributed by atoms with Crippen molar-refractivity contribution in [1.82, 2.24) is 9.13 Å². The van der Waals surface area contributed by atoms with Gasteiger partial charge in [0.25, 0.3) is 11.8 Å². The van der Waals surface area contributed by atoms with Gasteiger partial charge in [0.05, 0.1) is 16.7 Å². The molecule has 2 aliphatic rings. The molecule has 4 aromatic rings. The van der Waals surface area contributed by atoms with E-state index in [9.17, 15) is 14.4 Å². The number of rotatable bonds is 2. The Morgan fingerprint density at radius 1 is 0.758 bits per heavy atom. The van der Waals surface area contributed by atoms with Gasteiger partial charge in [-0.15, -0.1) is 0 Å². The Balaban J connectivity index is 1.56. The molecule has 3 heterocycles. The van der Waals surface area contributed by atoms with Gasteiger partial charge >= 0.3 is 5.69 Å². The van der Waals surface area contributed by atoms with Crippen molar-refractivity contribution < 1.29 is 9.59 Å². The largest absolute Gasteiger partial charge is 0.371 e. The first-order valence-corrected chi connectivity index (χ1v) is 11.2. The van der Waals surface area contributed by atoms with Crippen LogP contribution in [-0.2, 0) is 14.1 Å². The fourth-order valence-corrected chi connectivity index (χ4v) is 5.41. The number of anilines is 2. The number of benzene rings is 3. The van der Waals surface area contributed by atoms with Crippen molar-refractivity contribution in [3.8, 4) is 0 Å². The van der Waals surface area contributed by atoms with Crippen LogP contribution >= 0.6 is 0 Å². The zero-order valence-corrected chi connectivity index (χ0v) is 18.9. The number of nitrogens with zero attached hydrogens (tertiary/aromatic N) is 4. The Morgan fingerprint density at radius 2 is 1.39 bits per heavy atom. The van der Waals surface area contributed by atoms with Gasteiger partial charge in [0.15, 0.2) is 0 Å². The Labute approximate surface area is 190 Å². The molecule has 0 spiro atoms. The number of fused-ring (bicyclic) bond motifs is 1. The van der Waals surface area contributed by atoms with Gasteiger partial charge < -0.3 is 4.90 Å². The summed E-state index contributed by atoms with van der Waals surface area (Å²) in [5.41, 5.74) is 4.70. The summed E-state index contributed by atoms with van der Waals surface area (Å²) in [6.07, 6.45) is 2.30. The molecule has 0 atom stereocenters. The van der Waals surface area contributed by atoms with Crippen LogP contribution in [0.25, 0.3) is 21.8 Å². The summed E-state index contributed by atoms with van der Waals surface area (Å²) in [7, 11) is 3.41. The fraction of sp³-hybridized carbons (Fsp3) is 0.269. The Hall–Kier alpha value is -3.87. The maximum absolute atomic E-state index is 13.7. The summed E-state index contributed by atoms with van der Waals surface area (Å²) >= 11 is 0. The second-order valence-electron chi connectivity index (χ2n) is 9.03. The first-order valence-electron chi connectivity index (χ1n) is 11.2. The molecule has 1 aromatic heterocycles. The minimum atomic E-state index is -0.333. The van der Waals surface area contributed by atoms with Crippen LogP contribution in [0.5, 0.6) is 0 Å². The highest BCUT2D eigenvalue weighted by Gasteiger charge is 2.36. The molecule has 0 aliphatic carbocycles. The number of carbonyl (C=O) groups excluding carboxylic acids is 2. The van der Waals surface area contributed by atoms with E-state index in [0.29, 0.717) is 22.3 Å². The lowest BCUT2D eigenvalue weighted by Gasteiger charge is -2.30. The molecule has 1 fully saturated rings. The summed E-state index contributed by atoms with van der Waals surface area (Å²) in [5, 5.41) is 1.69. The highest BCUT2D eigenvalue weighted by atomic mass is 16.2. The molecule has 6 rings (SSSR count). The van der Waals surface area contributed by atoms with Crippen LogP contribution in [-0.4, -0.2) is 34.0 Å². The molecule has 3 aromatic carbocycles.